The van der Waals surface area contributed by atoms with Crippen molar-refractivity contribution in [1.29, 1.82) is 0 Å². The highest BCUT2D eigenvalue weighted by Crippen LogP contribution is 2.42. The summed E-state index contributed by atoms with van der Waals surface area (Å²) >= 11 is 0. The molecule has 0 aromatic heterocycles. The fraction of sp³-hybridized carbons (Fsp3) is 0.765. The van der Waals surface area contributed by atoms with Crippen molar-refractivity contribution < 1.29 is 9.53 Å². The summed E-state index contributed by atoms with van der Waals surface area (Å²) in [5.74, 6) is 0. The van der Waals surface area contributed by atoms with Crippen LogP contribution in [0.4, 0.5) is 0 Å². The van der Waals surface area contributed by atoms with Gasteiger partial charge >= 0.3 is 0 Å². The predicted molar refractivity (Wildman–Crippen MR) is 91.6 cm³/mol. The molecule has 0 aromatic rings. The van der Waals surface area contributed by atoms with Gasteiger partial charge in [-0.05, 0) is 29.5 Å². The second-order valence-electron chi connectivity index (χ2n) is 6.45. The molecule has 0 fully saturated rings. The van der Waals surface area contributed by atoms with Gasteiger partial charge in [0.25, 0.3) is 0 Å². The number of rotatable bonds is 10. The van der Waals surface area contributed by atoms with Crippen LogP contribution in [0.2, 0.25) is 16.6 Å². The molecule has 0 saturated carbocycles. The van der Waals surface area contributed by atoms with Crippen molar-refractivity contribution in [3.8, 4) is 0 Å². The van der Waals surface area contributed by atoms with E-state index < -0.39 is 8.32 Å². The van der Waals surface area contributed by atoms with Crippen LogP contribution in [-0.2, 0) is 4.43 Å². The topological polar surface area (TPSA) is 29.5 Å². The van der Waals surface area contributed by atoms with Gasteiger partial charge in [0.1, 0.15) is 0 Å². The average molecular weight is 299 g/mol. The van der Waals surface area contributed by atoms with Crippen LogP contribution in [0.15, 0.2) is 24.3 Å². The van der Waals surface area contributed by atoms with E-state index in [9.17, 15) is 0 Å². The molecule has 2 nitrogen and oxygen atoms in total. The van der Waals surface area contributed by atoms with E-state index in [2.05, 4.69) is 48.1 Å². The standard InChI is InChI=1S/C17H34O2Si/c1-8-9-17(10-12-18)11-13-19-20(14(2)3,15(4)5)16(6)7/h8,10,14-16,18H,1,9,11-13H2,2-7H3/b17-10-. The third kappa shape index (κ3) is 5.19. The van der Waals surface area contributed by atoms with Crippen molar-refractivity contribution in [3.63, 3.8) is 0 Å². The quantitative estimate of drug-likeness (QED) is 0.451. The van der Waals surface area contributed by atoms with Crippen molar-refractivity contribution in [2.45, 2.75) is 71.0 Å². The minimum Gasteiger partial charge on any atom is -0.416 e. The molecule has 0 aliphatic rings. The molecule has 3 heteroatoms. The summed E-state index contributed by atoms with van der Waals surface area (Å²) in [6.07, 6.45) is 5.50. The van der Waals surface area contributed by atoms with Crippen molar-refractivity contribution in [2.75, 3.05) is 13.2 Å². The Labute approximate surface area is 127 Å². The van der Waals surface area contributed by atoms with Crippen molar-refractivity contribution in [1.82, 2.24) is 0 Å². The summed E-state index contributed by atoms with van der Waals surface area (Å²) < 4.78 is 6.52. The van der Waals surface area contributed by atoms with Gasteiger partial charge in [-0.2, -0.15) is 0 Å². The van der Waals surface area contributed by atoms with Crippen LogP contribution in [-0.4, -0.2) is 26.6 Å². The predicted octanol–water partition coefficient (Wildman–Crippen LogP) is 5.06. The van der Waals surface area contributed by atoms with Gasteiger partial charge in [0.15, 0.2) is 8.32 Å². The van der Waals surface area contributed by atoms with E-state index in [1.54, 1.807) is 0 Å². The van der Waals surface area contributed by atoms with E-state index in [-0.39, 0.29) is 6.61 Å². The molecule has 0 aliphatic heterocycles. The molecule has 1 N–H and O–H groups in total. The Balaban J connectivity index is 4.78. The lowest BCUT2D eigenvalue weighted by Crippen LogP contribution is -2.48. The van der Waals surface area contributed by atoms with Gasteiger partial charge in [0.05, 0.1) is 6.61 Å². The molecule has 118 valence electrons. The molecule has 0 radical (unpaired) electrons. The first-order chi connectivity index (χ1) is 9.32. The van der Waals surface area contributed by atoms with Crippen molar-refractivity contribution in [3.05, 3.63) is 24.3 Å². The highest BCUT2D eigenvalue weighted by atomic mass is 28.4. The third-order valence-corrected chi connectivity index (χ3v) is 10.4. The largest absolute Gasteiger partial charge is 0.416 e. The highest BCUT2D eigenvalue weighted by Gasteiger charge is 2.44. The molecule has 0 spiro atoms. The average Bonchev–Trinajstić information content (AvgIpc) is 2.33. The lowest BCUT2D eigenvalue weighted by molar-refractivity contribution is 0.279. The Kier molecular flexibility index (Phi) is 9.35. The van der Waals surface area contributed by atoms with Gasteiger partial charge in [-0.25, -0.2) is 0 Å². The number of hydrogen-bond acceptors (Lipinski definition) is 2. The summed E-state index contributed by atoms with van der Waals surface area (Å²) in [6.45, 7) is 18.5. The van der Waals surface area contributed by atoms with Gasteiger partial charge in [0, 0.05) is 6.61 Å². The first-order valence-corrected chi connectivity index (χ1v) is 10.00. The smallest absolute Gasteiger partial charge is 0.200 e. The maximum atomic E-state index is 9.04. The molecule has 20 heavy (non-hydrogen) atoms. The Morgan fingerprint density at radius 2 is 1.60 bits per heavy atom. The molecule has 0 unspecified atom stereocenters. The number of aliphatic hydroxyl groups excluding tert-OH is 1. The first-order valence-electron chi connectivity index (χ1n) is 7.86. The van der Waals surface area contributed by atoms with Crippen LogP contribution in [0, 0.1) is 0 Å². The summed E-state index contributed by atoms with van der Waals surface area (Å²) in [5.41, 5.74) is 3.08. The van der Waals surface area contributed by atoms with Crippen LogP contribution in [0.3, 0.4) is 0 Å². The zero-order valence-electron chi connectivity index (χ0n) is 14.3. The van der Waals surface area contributed by atoms with Crippen molar-refractivity contribution >= 4 is 8.32 Å². The van der Waals surface area contributed by atoms with Crippen LogP contribution in [0.25, 0.3) is 0 Å². The second-order valence-corrected chi connectivity index (χ2v) is 11.9. The van der Waals surface area contributed by atoms with Crippen LogP contribution < -0.4 is 0 Å². The van der Waals surface area contributed by atoms with Gasteiger partial charge in [-0.3, -0.25) is 0 Å². The monoisotopic (exact) mass is 298 g/mol. The highest BCUT2D eigenvalue weighted by molar-refractivity contribution is 6.77. The molecule has 0 bridgehead atoms. The lowest BCUT2D eigenvalue weighted by atomic mass is 10.1. The molecular weight excluding hydrogens is 264 g/mol. The lowest BCUT2D eigenvalue weighted by Gasteiger charge is -2.42. The van der Waals surface area contributed by atoms with Gasteiger partial charge in [-0.15, -0.1) is 6.58 Å². The molecule has 0 aliphatic carbocycles. The van der Waals surface area contributed by atoms with E-state index in [1.165, 1.54) is 5.57 Å². The summed E-state index contributed by atoms with van der Waals surface area (Å²) in [4.78, 5) is 0. The van der Waals surface area contributed by atoms with Crippen molar-refractivity contribution in [2.24, 2.45) is 0 Å². The van der Waals surface area contributed by atoms with Crippen LogP contribution in [0.1, 0.15) is 54.4 Å². The number of aliphatic hydroxyl groups is 1. The van der Waals surface area contributed by atoms with E-state index in [0.29, 0.717) is 16.6 Å². The summed E-state index contributed by atoms with van der Waals surface area (Å²) in [7, 11) is -1.76. The van der Waals surface area contributed by atoms with Gasteiger partial charge in [-0.1, -0.05) is 59.3 Å². The number of allylic oxidation sites excluding steroid dienone is 1. The normalized spacial score (nSPS) is 13.6. The summed E-state index contributed by atoms with van der Waals surface area (Å²) in [5, 5.41) is 9.04. The molecular formula is C17H34O2Si. The maximum Gasteiger partial charge on any atom is 0.200 e. The maximum absolute atomic E-state index is 9.04. The van der Waals surface area contributed by atoms with E-state index in [4.69, 9.17) is 9.53 Å². The third-order valence-electron chi connectivity index (χ3n) is 4.27. The van der Waals surface area contributed by atoms with Gasteiger partial charge < -0.3 is 9.53 Å². The molecule has 0 aromatic carbocycles. The Morgan fingerprint density at radius 3 is 1.95 bits per heavy atom. The van der Waals surface area contributed by atoms with E-state index in [1.807, 2.05) is 12.2 Å². The zero-order chi connectivity index (χ0) is 15.8. The minimum atomic E-state index is -1.76. The minimum absolute atomic E-state index is 0.101. The van der Waals surface area contributed by atoms with Gasteiger partial charge in [0.2, 0.25) is 0 Å². The molecule has 0 amide bonds. The van der Waals surface area contributed by atoms with E-state index >= 15 is 0 Å². The first kappa shape index (κ1) is 19.6. The second kappa shape index (κ2) is 9.53. The van der Waals surface area contributed by atoms with Crippen LogP contribution >= 0.6 is 0 Å². The molecule has 0 rings (SSSR count). The Bertz CT molecular complexity index is 284. The molecule has 0 heterocycles. The Morgan fingerprint density at radius 1 is 1.10 bits per heavy atom. The Hall–Kier alpha value is -0.383. The fourth-order valence-electron chi connectivity index (χ4n) is 3.46. The molecule has 0 atom stereocenters. The SMILES string of the molecule is C=CC/C(=C/CO)CCO[Si](C(C)C)(C(C)C)C(C)C. The van der Waals surface area contributed by atoms with E-state index in [0.717, 1.165) is 19.4 Å². The fourth-order valence-corrected chi connectivity index (χ4v) is 8.92. The molecule has 0 saturated heterocycles. The summed E-state index contributed by atoms with van der Waals surface area (Å²) in [6, 6.07) is 0. The van der Waals surface area contributed by atoms with Crippen LogP contribution in [0.5, 0.6) is 0 Å². The zero-order valence-corrected chi connectivity index (χ0v) is 15.3. The number of hydrogen-bond donors (Lipinski definition) is 1.